The lowest BCUT2D eigenvalue weighted by atomic mass is 10.1. The van der Waals surface area contributed by atoms with Gasteiger partial charge in [0.1, 0.15) is 23.6 Å². The highest BCUT2D eigenvalue weighted by molar-refractivity contribution is 5.73. The molecule has 146 valence electrons. The molecule has 0 saturated heterocycles. The molecule has 1 atom stereocenters. The van der Waals surface area contributed by atoms with Crippen molar-refractivity contribution in [2.75, 3.05) is 12.3 Å². The molecule has 7 heteroatoms. The Balaban J connectivity index is 2.75. The van der Waals surface area contributed by atoms with Gasteiger partial charge in [-0.2, -0.15) is 0 Å². The molecule has 0 fully saturated rings. The number of amides is 1. The minimum absolute atomic E-state index is 0.0483. The Morgan fingerprint density at radius 3 is 2.15 bits per heavy atom. The van der Waals surface area contributed by atoms with Crippen molar-refractivity contribution >= 4 is 17.7 Å². The SMILES string of the molecule is CC(C)(C)OC(=O)C[C@@H](COc1ccccc1N)NC(=O)OC(C)(C)C. The van der Waals surface area contributed by atoms with Crippen LogP contribution in [0.1, 0.15) is 48.0 Å². The van der Waals surface area contributed by atoms with Crippen LogP contribution < -0.4 is 15.8 Å². The lowest BCUT2D eigenvalue weighted by molar-refractivity contribution is -0.155. The third-order valence-electron chi connectivity index (χ3n) is 2.91. The largest absolute Gasteiger partial charge is 0.489 e. The zero-order valence-electron chi connectivity index (χ0n) is 16.4. The lowest BCUT2D eigenvalue weighted by Crippen LogP contribution is -2.44. The molecule has 0 aliphatic rings. The molecular formula is C19H30N2O5. The summed E-state index contributed by atoms with van der Waals surface area (Å²) in [6.45, 7) is 10.7. The van der Waals surface area contributed by atoms with Gasteiger partial charge in [0.2, 0.25) is 0 Å². The predicted octanol–water partition coefficient (Wildman–Crippen LogP) is 3.27. The molecule has 1 aromatic carbocycles. The van der Waals surface area contributed by atoms with Crippen molar-refractivity contribution in [3.05, 3.63) is 24.3 Å². The maximum Gasteiger partial charge on any atom is 0.408 e. The molecule has 0 radical (unpaired) electrons. The fourth-order valence-electron chi connectivity index (χ4n) is 2.01. The van der Waals surface area contributed by atoms with E-state index in [-0.39, 0.29) is 13.0 Å². The number of nitrogens with one attached hydrogen (secondary N) is 1. The summed E-state index contributed by atoms with van der Waals surface area (Å²) in [6.07, 6.45) is -0.681. The highest BCUT2D eigenvalue weighted by atomic mass is 16.6. The number of hydrogen-bond acceptors (Lipinski definition) is 6. The second-order valence-electron chi connectivity index (χ2n) is 7.98. The van der Waals surface area contributed by atoms with Crippen molar-refractivity contribution in [3.63, 3.8) is 0 Å². The maximum absolute atomic E-state index is 12.1. The van der Waals surface area contributed by atoms with E-state index in [0.717, 1.165) is 0 Å². The molecule has 0 aliphatic heterocycles. The van der Waals surface area contributed by atoms with Crippen LogP contribution in [0.4, 0.5) is 10.5 Å². The van der Waals surface area contributed by atoms with E-state index < -0.39 is 29.3 Å². The van der Waals surface area contributed by atoms with Crippen molar-refractivity contribution in [3.8, 4) is 5.75 Å². The zero-order valence-corrected chi connectivity index (χ0v) is 16.4. The Kier molecular flexibility index (Phi) is 7.29. The first kappa shape index (κ1) is 21.6. The predicted molar refractivity (Wildman–Crippen MR) is 100.0 cm³/mol. The van der Waals surface area contributed by atoms with Gasteiger partial charge in [-0.15, -0.1) is 0 Å². The van der Waals surface area contributed by atoms with Gasteiger partial charge in [-0.05, 0) is 53.7 Å². The van der Waals surface area contributed by atoms with E-state index in [9.17, 15) is 9.59 Å². The van der Waals surface area contributed by atoms with Gasteiger partial charge < -0.3 is 25.3 Å². The van der Waals surface area contributed by atoms with Crippen LogP contribution in [-0.2, 0) is 14.3 Å². The van der Waals surface area contributed by atoms with E-state index in [1.807, 2.05) is 0 Å². The summed E-state index contributed by atoms with van der Waals surface area (Å²) in [5, 5.41) is 2.65. The monoisotopic (exact) mass is 366 g/mol. The van der Waals surface area contributed by atoms with Gasteiger partial charge in [-0.25, -0.2) is 4.79 Å². The van der Waals surface area contributed by atoms with E-state index in [2.05, 4.69) is 5.32 Å². The van der Waals surface area contributed by atoms with E-state index in [0.29, 0.717) is 11.4 Å². The summed E-state index contributed by atoms with van der Waals surface area (Å²) in [6, 6.07) is 6.38. The molecule has 1 amide bonds. The van der Waals surface area contributed by atoms with Gasteiger partial charge in [0, 0.05) is 0 Å². The van der Waals surface area contributed by atoms with Crippen molar-refractivity contribution in [1.29, 1.82) is 0 Å². The van der Waals surface area contributed by atoms with E-state index >= 15 is 0 Å². The van der Waals surface area contributed by atoms with E-state index in [1.54, 1.807) is 65.8 Å². The van der Waals surface area contributed by atoms with E-state index in [4.69, 9.17) is 19.9 Å². The van der Waals surface area contributed by atoms with Gasteiger partial charge in [0.15, 0.2) is 0 Å². The molecule has 26 heavy (non-hydrogen) atoms. The second kappa shape index (κ2) is 8.78. The quantitative estimate of drug-likeness (QED) is 0.592. The highest BCUT2D eigenvalue weighted by Crippen LogP contribution is 2.20. The summed E-state index contributed by atoms with van der Waals surface area (Å²) < 4.78 is 16.2. The molecule has 0 spiro atoms. The average molecular weight is 366 g/mol. The molecule has 3 N–H and O–H groups in total. The third-order valence-corrected chi connectivity index (χ3v) is 2.91. The number of benzene rings is 1. The Hall–Kier alpha value is -2.44. The molecular weight excluding hydrogens is 336 g/mol. The summed E-state index contributed by atoms with van der Waals surface area (Å²) >= 11 is 0. The normalized spacial score (nSPS) is 12.8. The van der Waals surface area contributed by atoms with Crippen molar-refractivity contribution in [2.45, 2.75) is 65.2 Å². The number of para-hydroxylation sites is 2. The van der Waals surface area contributed by atoms with Gasteiger partial charge in [-0.1, -0.05) is 12.1 Å². The molecule has 1 aromatic rings. The number of anilines is 1. The zero-order chi connectivity index (χ0) is 20.0. The molecule has 0 aliphatic carbocycles. The summed E-state index contributed by atoms with van der Waals surface area (Å²) in [7, 11) is 0. The fraction of sp³-hybridized carbons (Fsp3) is 0.579. The highest BCUT2D eigenvalue weighted by Gasteiger charge is 2.25. The van der Waals surface area contributed by atoms with Gasteiger partial charge in [0.25, 0.3) is 0 Å². The van der Waals surface area contributed by atoms with Crippen LogP contribution in [0.25, 0.3) is 0 Å². The van der Waals surface area contributed by atoms with Crippen LogP contribution in [0.3, 0.4) is 0 Å². The van der Waals surface area contributed by atoms with Gasteiger partial charge in [0.05, 0.1) is 18.2 Å². The standard InChI is InChI=1S/C19H30N2O5/c1-18(2,3)25-16(22)11-13(21-17(23)26-19(4,5)6)12-24-15-10-8-7-9-14(15)20/h7-10,13H,11-12,20H2,1-6H3,(H,21,23)/t13-/m0/s1. The first-order valence-corrected chi connectivity index (χ1v) is 8.54. The third kappa shape index (κ3) is 9.15. The van der Waals surface area contributed by atoms with Crippen LogP contribution >= 0.6 is 0 Å². The summed E-state index contributed by atoms with van der Waals surface area (Å²) in [5.74, 6) is 0.0378. The van der Waals surface area contributed by atoms with Crippen LogP contribution in [-0.4, -0.2) is 35.9 Å². The van der Waals surface area contributed by atoms with Gasteiger partial charge in [-0.3, -0.25) is 4.79 Å². The Morgan fingerprint density at radius 1 is 1.04 bits per heavy atom. The minimum Gasteiger partial charge on any atom is -0.489 e. The number of esters is 1. The first-order chi connectivity index (χ1) is 11.9. The number of hydrogen-bond donors (Lipinski definition) is 2. The van der Waals surface area contributed by atoms with Crippen LogP contribution in [0.5, 0.6) is 5.75 Å². The van der Waals surface area contributed by atoms with Crippen molar-refractivity contribution in [2.24, 2.45) is 0 Å². The number of rotatable bonds is 6. The molecule has 1 rings (SSSR count). The van der Waals surface area contributed by atoms with Gasteiger partial charge >= 0.3 is 12.1 Å². The smallest absolute Gasteiger partial charge is 0.408 e. The van der Waals surface area contributed by atoms with Crippen LogP contribution in [0.2, 0.25) is 0 Å². The fourth-order valence-corrected chi connectivity index (χ4v) is 2.01. The first-order valence-electron chi connectivity index (χ1n) is 8.54. The summed E-state index contributed by atoms with van der Waals surface area (Å²) in [5.41, 5.74) is 5.06. The van der Waals surface area contributed by atoms with Crippen molar-refractivity contribution in [1.82, 2.24) is 5.32 Å². The number of alkyl carbamates (subject to hydrolysis) is 1. The Bertz CT molecular complexity index is 587. The number of nitrogen functional groups attached to an aromatic ring is 1. The minimum atomic E-state index is -0.648. The topological polar surface area (TPSA) is 99.9 Å². The molecule has 0 heterocycles. The average Bonchev–Trinajstić information content (AvgIpc) is 2.41. The van der Waals surface area contributed by atoms with E-state index in [1.165, 1.54) is 0 Å². The number of carbonyl (C=O) groups is 2. The second-order valence-corrected chi connectivity index (χ2v) is 7.98. The number of ether oxygens (including phenoxy) is 3. The van der Waals surface area contributed by atoms with Crippen LogP contribution in [0, 0.1) is 0 Å². The number of nitrogens with two attached hydrogens (primary N) is 1. The molecule has 7 nitrogen and oxygen atoms in total. The lowest BCUT2D eigenvalue weighted by Gasteiger charge is -2.25. The summed E-state index contributed by atoms with van der Waals surface area (Å²) in [4.78, 5) is 24.2. The molecule has 0 saturated carbocycles. The Morgan fingerprint density at radius 2 is 1.62 bits per heavy atom. The molecule has 0 bridgehead atoms. The maximum atomic E-state index is 12.1. The number of carbonyl (C=O) groups excluding carboxylic acids is 2. The van der Waals surface area contributed by atoms with Crippen molar-refractivity contribution < 1.29 is 23.8 Å². The Labute approximate surface area is 155 Å². The molecule has 0 aromatic heterocycles. The van der Waals surface area contributed by atoms with Crippen LogP contribution in [0.15, 0.2) is 24.3 Å². The molecule has 0 unspecified atom stereocenters.